The highest BCUT2D eigenvalue weighted by Gasteiger charge is 2.31. The number of hydrazone groups is 1. The van der Waals surface area contributed by atoms with Gasteiger partial charge in [0.2, 0.25) is 5.91 Å². The second-order valence-corrected chi connectivity index (χ2v) is 7.04. The average molecular weight is 386 g/mol. The van der Waals surface area contributed by atoms with Gasteiger partial charge in [-0.15, -0.1) is 0 Å². The van der Waals surface area contributed by atoms with E-state index in [1.54, 1.807) is 11.9 Å². The molecule has 0 bridgehead atoms. The molecule has 1 amide bonds. The van der Waals surface area contributed by atoms with Gasteiger partial charge >= 0.3 is 0 Å². The summed E-state index contributed by atoms with van der Waals surface area (Å²) in [5.74, 6) is -0.0390. The monoisotopic (exact) mass is 385 g/mol. The van der Waals surface area contributed by atoms with Crippen LogP contribution in [-0.4, -0.2) is 30.7 Å². The van der Waals surface area contributed by atoms with Gasteiger partial charge < -0.3 is 4.90 Å². The van der Waals surface area contributed by atoms with Gasteiger partial charge in [0.1, 0.15) is 0 Å². The first-order chi connectivity index (χ1) is 11.5. The van der Waals surface area contributed by atoms with Gasteiger partial charge in [-0.2, -0.15) is 5.10 Å². The lowest BCUT2D eigenvalue weighted by Crippen LogP contribution is -2.24. The van der Waals surface area contributed by atoms with Crippen LogP contribution in [0, 0.1) is 0 Å². The lowest BCUT2D eigenvalue weighted by atomic mass is 9.98. The molecule has 0 radical (unpaired) electrons. The van der Waals surface area contributed by atoms with Crippen LogP contribution in [0.2, 0.25) is 0 Å². The molecule has 5 heteroatoms. The summed E-state index contributed by atoms with van der Waals surface area (Å²) in [5.41, 5.74) is 4.25. The van der Waals surface area contributed by atoms with Crippen LogP contribution in [-0.2, 0) is 4.79 Å². The van der Waals surface area contributed by atoms with Crippen LogP contribution in [0.15, 0.2) is 58.1 Å². The highest BCUT2D eigenvalue weighted by atomic mass is 79.9. The maximum absolute atomic E-state index is 12.0. The van der Waals surface area contributed by atoms with E-state index < -0.39 is 0 Å². The average Bonchev–Trinajstić information content (AvgIpc) is 3.01. The minimum Gasteiger partial charge on any atom is -0.378 e. The van der Waals surface area contributed by atoms with E-state index in [1.807, 2.05) is 38.4 Å². The third kappa shape index (κ3) is 3.36. The fourth-order valence-electron chi connectivity index (χ4n) is 2.87. The number of nitrogens with zero attached hydrogens (tertiary/aromatic N) is 3. The maximum Gasteiger partial charge on any atom is 0.240 e. The van der Waals surface area contributed by atoms with Crippen LogP contribution in [0.3, 0.4) is 0 Å². The molecule has 0 spiro atoms. The fourth-order valence-corrected chi connectivity index (χ4v) is 3.14. The van der Waals surface area contributed by atoms with Gasteiger partial charge in [0, 0.05) is 37.6 Å². The van der Waals surface area contributed by atoms with Crippen LogP contribution in [0.4, 0.5) is 5.69 Å². The second-order valence-electron chi connectivity index (χ2n) is 6.12. The molecule has 4 nitrogen and oxygen atoms in total. The van der Waals surface area contributed by atoms with E-state index >= 15 is 0 Å². The zero-order chi connectivity index (χ0) is 17.3. The number of hydrogen-bond donors (Lipinski definition) is 0. The summed E-state index contributed by atoms with van der Waals surface area (Å²) in [4.78, 5) is 14.1. The number of carbonyl (C=O) groups is 1. The van der Waals surface area contributed by atoms with Crippen molar-refractivity contribution < 1.29 is 4.79 Å². The van der Waals surface area contributed by atoms with Crippen LogP contribution >= 0.6 is 15.9 Å². The van der Waals surface area contributed by atoms with E-state index in [1.165, 1.54) is 0 Å². The molecule has 0 unspecified atom stereocenters. The predicted molar refractivity (Wildman–Crippen MR) is 101 cm³/mol. The molecule has 1 aliphatic rings. The van der Waals surface area contributed by atoms with Crippen LogP contribution in [0.5, 0.6) is 0 Å². The number of benzene rings is 2. The molecule has 124 valence electrons. The molecule has 0 N–H and O–H groups in total. The normalized spacial score (nSPS) is 16.9. The Balaban J connectivity index is 1.89. The Kier molecular flexibility index (Phi) is 4.71. The lowest BCUT2D eigenvalue weighted by Gasteiger charge is -2.20. The second kappa shape index (κ2) is 6.77. The minimum atomic E-state index is -0.0425. The summed E-state index contributed by atoms with van der Waals surface area (Å²) < 4.78 is 1.03. The summed E-state index contributed by atoms with van der Waals surface area (Å²) in [6.45, 7) is 1.56. The first-order valence-electron chi connectivity index (χ1n) is 7.86. The Labute approximate surface area is 150 Å². The van der Waals surface area contributed by atoms with Crippen LogP contribution in [0.25, 0.3) is 0 Å². The van der Waals surface area contributed by atoms with E-state index in [9.17, 15) is 4.79 Å². The summed E-state index contributed by atoms with van der Waals surface area (Å²) in [5, 5.41) is 6.18. The largest absolute Gasteiger partial charge is 0.378 e. The van der Waals surface area contributed by atoms with Crippen molar-refractivity contribution in [2.75, 3.05) is 19.0 Å². The van der Waals surface area contributed by atoms with Crippen molar-refractivity contribution in [3.63, 3.8) is 0 Å². The van der Waals surface area contributed by atoms with Crippen molar-refractivity contribution in [3.05, 3.63) is 64.1 Å². The molecular weight excluding hydrogens is 366 g/mol. The van der Waals surface area contributed by atoms with Crippen molar-refractivity contribution >= 4 is 33.2 Å². The van der Waals surface area contributed by atoms with Gasteiger partial charge in [0.05, 0.1) is 11.8 Å². The van der Waals surface area contributed by atoms with Crippen molar-refractivity contribution in [2.24, 2.45) is 5.10 Å². The molecule has 1 atom stereocenters. The van der Waals surface area contributed by atoms with Crippen molar-refractivity contribution in [1.82, 2.24) is 5.01 Å². The van der Waals surface area contributed by atoms with Gasteiger partial charge in [-0.3, -0.25) is 4.79 Å². The molecule has 0 aliphatic carbocycles. The Hall–Kier alpha value is -2.14. The molecule has 24 heavy (non-hydrogen) atoms. The fraction of sp³-hybridized carbons (Fsp3) is 0.263. The summed E-state index contributed by atoms with van der Waals surface area (Å²) >= 11 is 3.45. The molecule has 0 fully saturated rings. The molecule has 0 aromatic heterocycles. The molecule has 2 aromatic rings. The van der Waals surface area contributed by atoms with Gasteiger partial charge in [0.15, 0.2) is 0 Å². The minimum absolute atomic E-state index is 0.0390. The molecule has 0 saturated carbocycles. The zero-order valence-corrected chi connectivity index (χ0v) is 15.6. The van der Waals surface area contributed by atoms with E-state index in [-0.39, 0.29) is 11.9 Å². The van der Waals surface area contributed by atoms with E-state index in [2.05, 4.69) is 50.2 Å². The maximum atomic E-state index is 12.0. The molecule has 2 aromatic carbocycles. The number of rotatable bonds is 3. The quantitative estimate of drug-likeness (QED) is 0.792. The Bertz CT molecular complexity index is 766. The Morgan fingerprint density at radius 3 is 2.29 bits per heavy atom. The van der Waals surface area contributed by atoms with Gasteiger partial charge in [-0.05, 0) is 35.4 Å². The standard InChI is InChI=1S/C19H20BrN3O/c1-13(24)23-19(15-4-8-16(20)9-5-15)12-18(21-23)14-6-10-17(11-7-14)22(2)3/h4-11,19H,12H2,1-3H3/t19-/m0/s1. The van der Waals surface area contributed by atoms with Gasteiger partial charge in [0.25, 0.3) is 0 Å². The van der Waals surface area contributed by atoms with Crippen molar-refractivity contribution in [2.45, 2.75) is 19.4 Å². The predicted octanol–water partition coefficient (Wildman–Crippen LogP) is 4.21. The zero-order valence-electron chi connectivity index (χ0n) is 14.0. The highest BCUT2D eigenvalue weighted by Crippen LogP contribution is 2.33. The lowest BCUT2D eigenvalue weighted by molar-refractivity contribution is -0.130. The molecule has 3 rings (SSSR count). The number of halogens is 1. The number of carbonyl (C=O) groups excluding carboxylic acids is 1. The summed E-state index contributed by atoms with van der Waals surface area (Å²) in [7, 11) is 4.03. The summed E-state index contributed by atoms with van der Waals surface area (Å²) in [6.07, 6.45) is 0.725. The van der Waals surface area contributed by atoms with Crippen molar-refractivity contribution in [1.29, 1.82) is 0 Å². The Morgan fingerprint density at radius 1 is 1.12 bits per heavy atom. The van der Waals surface area contributed by atoms with Crippen molar-refractivity contribution in [3.8, 4) is 0 Å². The number of hydrogen-bond acceptors (Lipinski definition) is 3. The molecule has 1 heterocycles. The SMILES string of the molecule is CC(=O)N1N=C(c2ccc(N(C)C)cc2)C[C@H]1c1ccc(Br)cc1. The van der Waals surface area contributed by atoms with Crippen LogP contribution < -0.4 is 4.90 Å². The molecule has 1 aliphatic heterocycles. The smallest absolute Gasteiger partial charge is 0.240 e. The third-order valence-corrected chi connectivity index (χ3v) is 4.73. The van der Waals surface area contributed by atoms with Gasteiger partial charge in [-0.1, -0.05) is 40.2 Å². The van der Waals surface area contributed by atoms with Crippen LogP contribution in [0.1, 0.15) is 30.5 Å². The first kappa shape index (κ1) is 16.7. The summed E-state index contributed by atoms with van der Waals surface area (Å²) in [6, 6.07) is 16.3. The van der Waals surface area contributed by atoms with Gasteiger partial charge in [-0.25, -0.2) is 5.01 Å². The highest BCUT2D eigenvalue weighted by molar-refractivity contribution is 9.10. The third-order valence-electron chi connectivity index (χ3n) is 4.20. The Morgan fingerprint density at radius 2 is 1.75 bits per heavy atom. The number of anilines is 1. The van der Waals surface area contributed by atoms with E-state index in [0.717, 1.165) is 33.4 Å². The van der Waals surface area contributed by atoms with E-state index in [0.29, 0.717) is 0 Å². The molecular formula is C19H20BrN3O. The first-order valence-corrected chi connectivity index (χ1v) is 8.65. The molecule has 0 saturated heterocycles. The topological polar surface area (TPSA) is 35.9 Å². The van der Waals surface area contributed by atoms with E-state index in [4.69, 9.17) is 0 Å². The number of amides is 1.